The fraction of sp³-hybridized carbons (Fsp3) is 0.400. The third kappa shape index (κ3) is 4.62. The van der Waals surface area contributed by atoms with Crippen molar-refractivity contribution in [2.75, 3.05) is 11.3 Å². The van der Waals surface area contributed by atoms with Crippen LogP contribution in [0, 0.1) is 0 Å². The number of hydrogen-bond acceptors (Lipinski definition) is 5. The Bertz CT molecular complexity index is 956. The zero-order valence-electron chi connectivity index (χ0n) is 16.2. The first-order valence-corrected chi connectivity index (χ1v) is 10.8. The zero-order chi connectivity index (χ0) is 20.3. The van der Waals surface area contributed by atoms with Crippen LogP contribution in [0.3, 0.4) is 0 Å². The summed E-state index contributed by atoms with van der Waals surface area (Å²) >= 11 is 0. The summed E-state index contributed by atoms with van der Waals surface area (Å²) in [6, 6.07) is 8.33. The average molecular weight is 404 g/mol. The van der Waals surface area contributed by atoms with Crippen LogP contribution < -0.4 is 14.8 Å². The molecule has 2 N–H and O–H groups in total. The van der Waals surface area contributed by atoms with E-state index in [2.05, 4.69) is 28.9 Å². The molecule has 0 fully saturated rings. The molecule has 1 unspecified atom stereocenters. The van der Waals surface area contributed by atoms with Gasteiger partial charge in [0, 0.05) is 18.9 Å². The van der Waals surface area contributed by atoms with E-state index in [0.29, 0.717) is 42.5 Å². The van der Waals surface area contributed by atoms with Crippen LogP contribution >= 0.6 is 0 Å². The van der Waals surface area contributed by atoms with Gasteiger partial charge in [0.15, 0.2) is 0 Å². The lowest BCUT2D eigenvalue weighted by Gasteiger charge is -2.25. The minimum atomic E-state index is -3.71. The minimum Gasteiger partial charge on any atom is -0.489 e. The number of nitrogens with one attached hydrogen (secondary N) is 2. The van der Waals surface area contributed by atoms with E-state index in [4.69, 9.17) is 4.74 Å². The predicted octanol–water partition coefficient (Wildman–Crippen LogP) is 2.84. The van der Waals surface area contributed by atoms with Crippen molar-refractivity contribution >= 4 is 21.6 Å². The van der Waals surface area contributed by atoms with Gasteiger partial charge in [0.25, 0.3) is 10.0 Å². The van der Waals surface area contributed by atoms with Crippen LogP contribution in [0.15, 0.2) is 41.4 Å². The molecule has 0 aliphatic carbocycles. The van der Waals surface area contributed by atoms with Gasteiger partial charge < -0.3 is 10.1 Å². The number of nitrogens with zero attached hydrogens (tertiary/aromatic N) is 1. The number of anilines is 1. The van der Waals surface area contributed by atoms with Crippen LogP contribution in [-0.2, 0) is 21.2 Å². The summed E-state index contributed by atoms with van der Waals surface area (Å²) in [5.74, 6) is 0.819. The van der Waals surface area contributed by atoms with Gasteiger partial charge in [-0.2, -0.15) is 0 Å². The van der Waals surface area contributed by atoms with Gasteiger partial charge in [0.05, 0.1) is 28.5 Å². The molecule has 1 aliphatic heterocycles. The lowest BCUT2D eigenvalue weighted by molar-refractivity contribution is -0.121. The summed E-state index contributed by atoms with van der Waals surface area (Å²) in [6.45, 7) is 6.23. The molecule has 0 spiro atoms. The summed E-state index contributed by atoms with van der Waals surface area (Å²) in [7, 11) is -3.71. The topological polar surface area (TPSA) is 97.4 Å². The van der Waals surface area contributed by atoms with Crippen LogP contribution in [-0.4, -0.2) is 32.0 Å². The molecular formula is C20H25N3O4S. The van der Waals surface area contributed by atoms with Gasteiger partial charge in [0.2, 0.25) is 5.91 Å². The van der Waals surface area contributed by atoms with Gasteiger partial charge in [-0.1, -0.05) is 32.9 Å². The lowest BCUT2D eigenvalue weighted by atomic mass is 10.0. The highest BCUT2D eigenvalue weighted by atomic mass is 32.2. The summed E-state index contributed by atoms with van der Waals surface area (Å²) < 4.78 is 33.5. The number of hydrogen-bond donors (Lipinski definition) is 2. The smallest absolute Gasteiger partial charge is 0.261 e. The van der Waals surface area contributed by atoms with Crippen LogP contribution in [0.5, 0.6) is 5.75 Å². The standard InChI is InChI=1S/C20H25N3O4S/c1-4-20(24)22-16-9-18-19(27-12-16)10-15(11-21-18)23-28(25,26)17-7-5-14(6-8-17)13(2)3/h5-8,10-11,13,16,23H,4,9,12H2,1-3H3,(H,22,24). The third-order valence-corrected chi connectivity index (χ3v) is 6.00. The van der Waals surface area contributed by atoms with E-state index in [0.717, 1.165) is 5.56 Å². The molecule has 28 heavy (non-hydrogen) atoms. The minimum absolute atomic E-state index is 0.0371. The molecule has 3 rings (SSSR count). The van der Waals surface area contributed by atoms with Crippen molar-refractivity contribution in [3.63, 3.8) is 0 Å². The second-order valence-corrected chi connectivity index (χ2v) is 8.81. The van der Waals surface area contributed by atoms with Crippen molar-refractivity contribution in [1.29, 1.82) is 0 Å². The second-order valence-electron chi connectivity index (χ2n) is 7.13. The Morgan fingerprint density at radius 3 is 2.64 bits per heavy atom. The van der Waals surface area contributed by atoms with Crippen molar-refractivity contribution in [3.05, 3.63) is 47.8 Å². The van der Waals surface area contributed by atoms with Gasteiger partial charge in [-0.05, 0) is 23.6 Å². The third-order valence-electron chi connectivity index (χ3n) is 4.61. The molecule has 1 aliphatic rings. The molecule has 2 heterocycles. The van der Waals surface area contributed by atoms with Crippen molar-refractivity contribution < 1.29 is 17.9 Å². The fourth-order valence-corrected chi connectivity index (χ4v) is 3.99. The predicted molar refractivity (Wildman–Crippen MR) is 107 cm³/mol. The number of ether oxygens (including phenoxy) is 1. The number of pyridine rings is 1. The van der Waals surface area contributed by atoms with Crippen LogP contribution in [0.25, 0.3) is 0 Å². The highest BCUT2D eigenvalue weighted by Gasteiger charge is 2.23. The quantitative estimate of drug-likeness (QED) is 0.773. The Morgan fingerprint density at radius 1 is 1.29 bits per heavy atom. The molecule has 0 saturated carbocycles. The van der Waals surface area contributed by atoms with Crippen LogP contribution in [0.2, 0.25) is 0 Å². The Morgan fingerprint density at radius 2 is 2.00 bits per heavy atom. The molecule has 0 saturated heterocycles. The van der Waals surface area contributed by atoms with E-state index in [-0.39, 0.29) is 16.8 Å². The first kappa shape index (κ1) is 20.1. The number of carbonyl (C=O) groups excluding carboxylic acids is 1. The molecule has 1 aromatic carbocycles. The molecule has 1 aromatic heterocycles. The maximum atomic E-state index is 12.6. The normalized spacial score (nSPS) is 16.2. The van der Waals surface area contributed by atoms with Crippen molar-refractivity contribution in [1.82, 2.24) is 10.3 Å². The number of benzene rings is 1. The molecule has 150 valence electrons. The van der Waals surface area contributed by atoms with Gasteiger partial charge in [-0.15, -0.1) is 0 Å². The average Bonchev–Trinajstić information content (AvgIpc) is 2.67. The SMILES string of the molecule is CCC(=O)NC1COc2cc(NS(=O)(=O)c3ccc(C(C)C)cc3)cnc2C1. The molecule has 1 amide bonds. The van der Waals surface area contributed by atoms with E-state index in [1.165, 1.54) is 6.20 Å². The maximum Gasteiger partial charge on any atom is 0.261 e. The Hall–Kier alpha value is -2.61. The van der Waals surface area contributed by atoms with Crippen LogP contribution in [0.4, 0.5) is 5.69 Å². The van der Waals surface area contributed by atoms with Gasteiger partial charge in [-0.3, -0.25) is 14.5 Å². The Labute approximate surface area is 165 Å². The molecule has 0 bridgehead atoms. The van der Waals surface area contributed by atoms with E-state index in [1.54, 1.807) is 25.1 Å². The van der Waals surface area contributed by atoms with Gasteiger partial charge >= 0.3 is 0 Å². The first-order chi connectivity index (χ1) is 13.3. The molecule has 0 radical (unpaired) electrons. The fourth-order valence-electron chi connectivity index (χ4n) is 2.96. The summed E-state index contributed by atoms with van der Waals surface area (Å²) in [5, 5.41) is 2.88. The van der Waals surface area contributed by atoms with Crippen LogP contribution in [0.1, 0.15) is 44.4 Å². The van der Waals surface area contributed by atoms with Crippen molar-refractivity contribution in [2.24, 2.45) is 0 Å². The van der Waals surface area contributed by atoms with Gasteiger partial charge in [-0.25, -0.2) is 8.42 Å². The summed E-state index contributed by atoms with van der Waals surface area (Å²) in [4.78, 5) is 16.0. The number of amides is 1. The lowest BCUT2D eigenvalue weighted by Crippen LogP contribution is -2.42. The van der Waals surface area contributed by atoms with E-state index in [1.807, 2.05) is 12.1 Å². The molecule has 8 heteroatoms. The van der Waals surface area contributed by atoms with E-state index in [9.17, 15) is 13.2 Å². The second kappa shape index (κ2) is 8.18. The number of carbonyl (C=O) groups is 1. The van der Waals surface area contributed by atoms with Gasteiger partial charge in [0.1, 0.15) is 12.4 Å². The number of aromatic nitrogens is 1. The molecule has 7 nitrogen and oxygen atoms in total. The largest absolute Gasteiger partial charge is 0.489 e. The molecule has 2 aromatic rings. The van der Waals surface area contributed by atoms with E-state index < -0.39 is 10.0 Å². The van der Waals surface area contributed by atoms with E-state index >= 15 is 0 Å². The Balaban J connectivity index is 1.72. The summed E-state index contributed by atoms with van der Waals surface area (Å²) in [5.41, 5.74) is 2.10. The first-order valence-electron chi connectivity index (χ1n) is 9.32. The zero-order valence-corrected chi connectivity index (χ0v) is 17.0. The molecular weight excluding hydrogens is 378 g/mol. The summed E-state index contributed by atoms with van der Waals surface area (Å²) in [6.07, 6.45) is 2.42. The Kier molecular flexibility index (Phi) is 5.88. The monoisotopic (exact) mass is 403 g/mol. The van der Waals surface area contributed by atoms with Crippen molar-refractivity contribution in [2.45, 2.75) is 50.5 Å². The highest BCUT2D eigenvalue weighted by molar-refractivity contribution is 7.92. The number of fused-ring (bicyclic) bond motifs is 1. The number of rotatable bonds is 6. The highest BCUT2D eigenvalue weighted by Crippen LogP contribution is 2.27. The maximum absolute atomic E-state index is 12.6. The number of sulfonamides is 1. The van der Waals surface area contributed by atoms with Crippen molar-refractivity contribution in [3.8, 4) is 5.75 Å². The molecule has 1 atom stereocenters.